The van der Waals surface area contributed by atoms with Gasteiger partial charge in [0.25, 0.3) is 5.69 Å². The molecule has 0 radical (unpaired) electrons. The normalized spacial score (nSPS) is 10.4. The fraction of sp³-hybridized carbons (Fsp3) is 0.231. The maximum atomic E-state index is 11.0. The minimum atomic E-state index is -0.421. The van der Waals surface area contributed by atoms with Crippen LogP contribution in [-0.2, 0) is 6.54 Å². The average Bonchev–Trinajstić information content (AvgIpc) is 2.45. The molecule has 0 aliphatic rings. The van der Waals surface area contributed by atoms with E-state index in [1.807, 2.05) is 6.92 Å². The summed E-state index contributed by atoms with van der Waals surface area (Å²) in [6, 6.07) is 8.27. The molecule has 2 rings (SSSR count). The van der Waals surface area contributed by atoms with Crippen LogP contribution in [0.5, 0.6) is 0 Å². The second-order valence-corrected chi connectivity index (χ2v) is 3.93. The minimum Gasteiger partial charge on any atom is -0.311 e. The number of rotatable bonds is 5. The third kappa shape index (κ3) is 3.11. The molecule has 0 aliphatic heterocycles. The fourth-order valence-corrected chi connectivity index (χ4v) is 1.70. The quantitative estimate of drug-likeness (QED) is 0.656. The van der Waals surface area contributed by atoms with Gasteiger partial charge in [0.15, 0.2) is 5.82 Å². The van der Waals surface area contributed by atoms with Crippen LogP contribution in [0.25, 0.3) is 11.4 Å². The number of para-hydroxylation sites is 1. The smallest absolute Gasteiger partial charge is 0.280 e. The first-order valence-electron chi connectivity index (χ1n) is 5.98. The van der Waals surface area contributed by atoms with Gasteiger partial charge in [-0.3, -0.25) is 10.1 Å². The number of benzene rings is 1. The molecule has 2 aromatic rings. The summed E-state index contributed by atoms with van der Waals surface area (Å²) in [5.74, 6) is 0.378. The van der Waals surface area contributed by atoms with Crippen LogP contribution in [0.15, 0.2) is 36.5 Å². The zero-order chi connectivity index (χ0) is 13.7. The Morgan fingerprint density at radius 1 is 1.32 bits per heavy atom. The van der Waals surface area contributed by atoms with E-state index >= 15 is 0 Å². The molecule has 0 amide bonds. The first-order valence-corrected chi connectivity index (χ1v) is 5.98. The average molecular weight is 258 g/mol. The van der Waals surface area contributed by atoms with Gasteiger partial charge in [-0.2, -0.15) is 0 Å². The van der Waals surface area contributed by atoms with Crippen molar-refractivity contribution in [1.82, 2.24) is 15.3 Å². The summed E-state index contributed by atoms with van der Waals surface area (Å²) in [5.41, 5.74) is 1.26. The molecule has 0 spiro atoms. The Morgan fingerprint density at radius 2 is 2.11 bits per heavy atom. The Hall–Kier alpha value is -2.34. The molecule has 1 aromatic carbocycles. The summed E-state index contributed by atoms with van der Waals surface area (Å²) < 4.78 is 0. The van der Waals surface area contributed by atoms with Gasteiger partial charge in [-0.05, 0) is 18.7 Å². The topological polar surface area (TPSA) is 81.0 Å². The lowest BCUT2D eigenvalue weighted by molar-refractivity contribution is -0.384. The predicted octanol–water partition coefficient (Wildman–Crippen LogP) is 2.16. The first-order chi connectivity index (χ1) is 9.22. The van der Waals surface area contributed by atoms with Crippen LogP contribution in [0.4, 0.5) is 5.69 Å². The lowest BCUT2D eigenvalue weighted by Crippen LogP contribution is -2.13. The highest BCUT2D eigenvalue weighted by Gasteiger charge is 2.16. The number of nitro benzene ring substituents is 1. The van der Waals surface area contributed by atoms with Crippen LogP contribution in [0.1, 0.15) is 12.6 Å². The summed E-state index contributed by atoms with van der Waals surface area (Å²) >= 11 is 0. The highest BCUT2D eigenvalue weighted by molar-refractivity contribution is 5.67. The highest BCUT2D eigenvalue weighted by atomic mass is 16.6. The Labute approximate surface area is 110 Å². The molecule has 0 atom stereocenters. The van der Waals surface area contributed by atoms with Gasteiger partial charge in [-0.25, -0.2) is 9.97 Å². The van der Waals surface area contributed by atoms with Crippen molar-refractivity contribution < 1.29 is 4.92 Å². The summed E-state index contributed by atoms with van der Waals surface area (Å²) in [7, 11) is 0. The van der Waals surface area contributed by atoms with Crippen LogP contribution < -0.4 is 5.32 Å². The standard InChI is InChI=1S/C13H14N4O2/c1-2-14-9-10-7-8-15-13(16-10)11-5-3-4-6-12(11)17(18)19/h3-8,14H,2,9H2,1H3. The molecular weight excluding hydrogens is 244 g/mol. The van der Waals surface area contributed by atoms with Crippen LogP contribution in [-0.4, -0.2) is 21.4 Å². The van der Waals surface area contributed by atoms with Crippen molar-refractivity contribution in [2.24, 2.45) is 0 Å². The van der Waals surface area contributed by atoms with E-state index in [2.05, 4.69) is 15.3 Å². The van der Waals surface area contributed by atoms with E-state index in [-0.39, 0.29) is 5.69 Å². The molecule has 1 N–H and O–H groups in total. The van der Waals surface area contributed by atoms with Gasteiger partial charge >= 0.3 is 0 Å². The summed E-state index contributed by atoms with van der Waals surface area (Å²) in [6.45, 7) is 3.46. The zero-order valence-corrected chi connectivity index (χ0v) is 10.5. The molecule has 1 heterocycles. The summed E-state index contributed by atoms with van der Waals surface area (Å²) in [5, 5.41) is 14.1. The van der Waals surface area contributed by atoms with E-state index in [1.165, 1.54) is 6.07 Å². The maximum absolute atomic E-state index is 11.0. The van der Waals surface area contributed by atoms with Crippen molar-refractivity contribution in [3.8, 4) is 11.4 Å². The van der Waals surface area contributed by atoms with Crippen molar-refractivity contribution in [3.05, 3.63) is 52.3 Å². The van der Waals surface area contributed by atoms with Crippen molar-refractivity contribution >= 4 is 5.69 Å². The SMILES string of the molecule is CCNCc1ccnc(-c2ccccc2[N+](=O)[O-])n1. The second-order valence-electron chi connectivity index (χ2n) is 3.93. The van der Waals surface area contributed by atoms with E-state index in [0.29, 0.717) is 17.9 Å². The van der Waals surface area contributed by atoms with Gasteiger partial charge in [-0.1, -0.05) is 19.1 Å². The third-order valence-corrected chi connectivity index (χ3v) is 2.61. The second kappa shape index (κ2) is 6.01. The van der Waals surface area contributed by atoms with Gasteiger partial charge in [0.05, 0.1) is 16.2 Å². The van der Waals surface area contributed by atoms with Crippen molar-refractivity contribution in [1.29, 1.82) is 0 Å². The van der Waals surface area contributed by atoms with Gasteiger partial charge in [-0.15, -0.1) is 0 Å². The molecule has 19 heavy (non-hydrogen) atoms. The largest absolute Gasteiger partial charge is 0.311 e. The summed E-state index contributed by atoms with van der Waals surface area (Å²) in [4.78, 5) is 19.0. The molecule has 0 saturated carbocycles. The van der Waals surface area contributed by atoms with Crippen molar-refractivity contribution in [2.75, 3.05) is 6.54 Å². The number of hydrogen-bond donors (Lipinski definition) is 1. The number of hydrogen-bond acceptors (Lipinski definition) is 5. The number of nitro groups is 1. The van der Waals surface area contributed by atoms with E-state index in [1.54, 1.807) is 30.5 Å². The Morgan fingerprint density at radius 3 is 2.84 bits per heavy atom. The highest BCUT2D eigenvalue weighted by Crippen LogP contribution is 2.26. The van der Waals surface area contributed by atoms with Crippen LogP contribution in [0, 0.1) is 10.1 Å². The van der Waals surface area contributed by atoms with Crippen LogP contribution >= 0.6 is 0 Å². The molecule has 98 valence electrons. The number of nitrogens with one attached hydrogen (secondary N) is 1. The predicted molar refractivity (Wildman–Crippen MR) is 71.5 cm³/mol. The van der Waals surface area contributed by atoms with Crippen LogP contribution in [0.2, 0.25) is 0 Å². The minimum absolute atomic E-state index is 0.0168. The lowest BCUT2D eigenvalue weighted by Gasteiger charge is -2.04. The van der Waals surface area contributed by atoms with Gasteiger partial charge < -0.3 is 5.32 Å². The zero-order valence-electron chi connectivity index (χ0n) is 10.5. The monoisotopic (exact) mass is 258 g/mol. The molecular formula is C13H14N4O2. The Balaban J connectivity index is 2.39. The molecule has 0 fully saturated rings. The first kappa shape index (κ1) is 13.1. The molecule has 0 bridgehead atoms. The third-order valence-electron chi connectivity index (χ3n) is 2.61. The molecule has 0 unspecified atom stereocenters. The molecule has 0 aliphatic carbocycles. The fourth-order valence-electron chi connectivity index (χ4n) is 1.70. The Bertz CT molecular complexity index is 586. The van der Waals surface area contributed by atoms with Crippen molar-refractivity contribution in [3.63, 3.8) is 0 Å². The maximum Gasteiger partial charge on any atom is 0.280 e. The Kier molecular flexibility index (Phi) is 4.15. The molecule has 6 nitrogen and oxygen atoms in total. The van der Waals surface area contributed by atoms with Gasteiger partial charge in [0.1, 0.15) is 0 Å². The van der Waals surface area contributed by atoms with E-state index in [9.17, 15) is 10.1 Å². The molecule has 6 heteroatoms. The van der Waals surface area contributed by atoms with E-state index in [0.717, 1.165) is 12.2 Å². The molecule has 1 aromatic heterocycles. The molecule has 0 saturated heterocycles. The van der Waals surface area contributed by atoms with E-state index < -0.39 is 4.92 Å². The van der Waals surface area contributed by atoms with E-state index in [4.69, 9.17) is 0 Å². The lowest BCUT2D eigenvalue weighted by atomic mass is 10.1. The van der Waals surface area contributed by atoms with Gasteiger partial charge in [0.2, 0.25) is 0 Å². The van der Waals surface area contributed by atoms with Crippen molar-refractivity contribution in [2.45, 2.75) is 13.5 Å². The summed E-state index contributed by atoms with van der Waals surface area (Å²) in [6.07, 6.45) is 1.62. The number of nitrogens with zero attached hydrogens (tertiary/aromatic N) is 3. The number of aromatic nitrogens is 2. The van der Waals surface area contributed by atoms with Crippen LogP contribution in [0.3, 0.4) is 0 Å². The van der Waals surface area contributed by atoms with Gasteiger partial charge in [0, 0.05) is 18.8 Å².